The number of halogens is 3. The van der Waals surface area contributed by atoms with Crippen LogP contribution in [-0.4, -0.2) is 40.7 Å². The first-order valence-electron chi connectivity index (χ1n) is 8.73. The number of nitrogens with zero attached hydrogens (tertiary/aromatic N) is 4. The van der Waals surface area contributed by atoms with Crippen LogP contribution in [0.15, 0.2) is 30.5 Å². The summed E-state index contributed by atoms with van der Waals surface area (Å²) in [7, 11) is 0. The van der Waals surface area contributed by atoms with E-state index >= 15 is 0 Å². The van der Waals surface area contributed by atoms with Crippen LogP contribution in [0.5, 0.6) is 0 Å². The molecule has 2 aromatic heterocycles. The largest absolute Gasteiger partial charge is 0.401 e. The highest BCUT2D eigenvalue weighted by Crippen LogP contribution is 2.31. The third kappa shape index (κ3) is 5.41. The van der Waals surface area contributed by atoms with Crippen LogP contribution in [0.4, 0.5) is 24.8 Å². The second-order valence-electron chi connectivity index (χ2n) is 6.76. The molecule has 27 heavy (non-hydrogen) atoms. The molecule has 3 heterocycles. The number of nitriles is 1. The Kier molecular flexibility index (Phi) is 5.61. The molecule has 0 bridgehead atoms. The minimum Gasteiger partial charge on any atom is -0.325 e. The molecule has 5 nitrogen and oxygen atoms in total. The van der Waals surface area contributed by atoms with Gasteiger partial charge in [-0.1, -0.05) is 0 Å². The number of pyridine rings is 2. The fourth-order valence-corrected chi connectivity index (χ4v) is 3.37. The molecule has 1 aliphatic heterocycles. The average molecular weight is 375 g/mol. The van der Waals surface area contributed by atoms with E-state index in [1.165, 1.54) is 4.90 Å². The van der Waals surface area contributed by atoms with Crippen LogP contribution in [-0.2, 0) is 0 Å². The topological polar surface area (TPSA) is 64.8 Å². The Balaban J connectivity index is 1.70. The molecule has 142 valence electrons. The Morgan fingerprint density at radius 1 is 1.22 bits per heavy atom. The van der Waals surface area contributed by atoms with Crippen molar-refractivity contribution in [1.82, 2.24) is 14.9 Å². The smallest absolute Gasteiger partial charge is 0.325 e. The van der Waals surface area contributed by atoms with Crippen LogP contribution < -0.4 is 5.32 Å². The number of alkyl halides is 3. The van der Waals surface area contributed by atoms with Gasteiger partial charge >= 0.3 is 6.18 Å². The highest BCUT2D eigenvalue weighted by Gasteiger charge is 2.32. The number of anilines is 2. The Hall–Kier alpha value is -2.66. The van der Waals surface area contributed by atoms with Crippen LogP contribution >= 0.6 is 0 Å². The van der Waals surface area contributed by atoms with Gasteiger partial charge in [-0.15, -0.1) is 0 Å². The monoisotopic (exact) mass is 375 g/mol. The first-order valence-corrected chi connectivity index (χ1v) is 8.73. The summed E-state index contributed by atoms with van der Waals surface area (Å²) in [5, 5.41) is 12.1. The summed E-state index contributed by atoms with van der Waals surface area (Å²) in [5.41, 5.74) is 2.38. The number of likely N-dealkylation sites (tertiary alicyclic amines) is 1. The second-order valence-corrected chi connectivity index (χ2v) is 6.76. The van der Waals surface area contributed by atoms with Gasteiger partial charge in [0.05, 0.1) is 18.2 Å². The molecular formula is C19H20F3N5. The minimum atomic E-state index is -4.15. The molecule has 1 N–H and O–H groups in total. The number of rotatable bonds is 4. The van der Waals surface area contributed by atoms with E-state index in [0.29, 0.717) is 43.1 Å². The van der Waals surface area contributed by atoms with Crippen LogP contribution in [0.2, 0.25) is 0 Å². The lowest BCUT2D eigenvalue weighted by molar-refractivity contribution is -0.147. The van der Waals surface area contributed by atoms with Crippen molar-refractivity contribution in [3.05, 3.63) is 47.3 Å². The summed E-state index contributed by atoms with van der Waals surface area (Å²) >= 11 is 0. The van der Waals surface area contributed by atoms with Crippen molar-refractivity contribution in [2.75, 3.05) is 25.0 Å². The summed E-state index contributed by atoms with van der Waals surface area (Å²) in [5.74, 6) is 1.35. The molecule has 3 rings (SSSR count). The fraction of sp³-hybridized carbons (Fsp3) is 0.421. The summed E-state index contributed by atoms with van der Waals surface area (Å²) in [6.07, 6.45) is -1.24. The molecule has 0 amide bonds. The number of aryl methyl sites for hydroxylation is 1. The molecule has 1 aliphatic rings. The van der Waals surface area contributed by atoms with Crippen molar-refractivity contribution < 1.29 is 13.2 Å². The lowest BCUT2D eigenvalue weighted by Crippen LogP contribution is -2.39. The van der Waals surface area contributed by atoms with Gasteiger partial charge in [-0.25, -0.2) is 9.97 Å². The van der Waals surface area contributed by atoms with Gasteiger partial charge in [-0.05, 0) is 68.6 Å². The number of aromatic nitrogens is 2. The fourth-order valence-electron chi connectivity index (χ4n) is 3.37. The molecule has 2 aromatic rings. The van der Waals surface area contributed by atoms with Crippen LogP contribution in [0.3, 0.4) is 0 Å². The standard InChI is InChI=1S/C19H20F3N5/c1-13-8-16(15-3-6-27(7-4-15)12-19(20,21)22)10-18(25-13)26-17-9-14(11-23)2-5-24-17/h2,5,8-10,15H,3-4,6-7,12H2,1H3,(H,24,25,26). The Bertz CT molecular complexity index is 836. The molecule has 0 aliphatic carbocycles. The zero-order valence-electron chi connectivity index (χ0n) is 14.9. The Labute approximate surface area is 155 Å². The van der Waals surface area contributed by atoms with E-state index in [0.717, 1.165) is 11.3 Å². The predicted octanol–water partition coefficient (Wildman–Crippen LogP) is 4.14. The molecule has 1 saturated heterocycles. The van der Waals surface area contributed by atoms with E-state index in [-0.39, 0.29) is 5.92 Å². The van der Waals surface area contributed by atoms with Crippen molar-refractivity contribution in [1.29, 1.82) is 5.26 Å². The van der Waals surface area contributed by atoms with E-state index in [1.54, 1.807) is 18.3 Å². The lowest BCUT2D eigenvalue weighted by atomic mass is 9.89. The van der Waals surface area contributed by atoms with Gasteiger partial charge in [0, 0.05) is 11.9 Å². The van der Waals surface area contributed by atoms with E-state index in [1.807, 2.05) is 19.1 Å². The summed E-state index contributed by atoms with van der Waals surface area (Å²) in [4.78, 5) is 10.1. The average Bonchev–Trinajstić information content (AvgIpc) is 2.60. The predicted molar refractivity (Wildman–Crippen MR) is 95.7 cm³/mol. The lowest BCUT2D eigenvalue weighted by Gasteiger charge is -2.32. The van der Waals surface area contributed by atoms with Crippen molar-refractivity contribution in [3.8, 4) is 6.07 Å². The third-order valence-corrected chi connectivity index (χ3v) is 4.58. The van der Waals surface area contributed by atoms with Gasteiger partial charge in [0.2, 0.25) is 0 Å². The first-order chi connectivity index (χ1) is 12.8. The molecule has 1 fully saturated rings. The van der Waals surface area contributed by atoms with Gasteiger partial charge < -0.3 is 5.32 Å². The summed E-state index contributed by atoms with van der Waals surface area (Å²) < 4.78 is 37.6. The Morgan fingerprint density at radius 3 is 2.63 bits per heavy atom. The zero-order chi connectivity index (χ0) is 19.4. The van der Waals surface area contributed by atoms with Crippen molar-refractivity contribution in [2.45, 2.75) is 31.9 Å². The second kappa shape index (κ2) is 7.92. The van der Waals surface area contributed by atoms with E-state index < -0.39 is 12.7 Å². The maximum Gasteiger partial charge on any atom is 0.401 e. The normalized spacial score (nSPS) is 16.1. The molecule has 0 aromatic carbocycles. The molecule has 0 unspecified atom stereocenters. The van der Waals surface area contributed by atoms with Gasteiger partial charge in [0.1, 0.15) is 11.6 Å². The van der Waals surface area contributed by atoms with Crippen molar-refractivity contribution in [2.24, 2.45) is 0 Å². The van der Waals surface area contributed by atoms with Gasteiger partial charge in [0.15, 0.2) is 0 Å². The third-order valence-electron chi connectivity index (χ3n) is 4.58. The first kappa shape index (κ1) is 19.1. The number of hydrogen-bond acceptors (Lipinski definition) is 5. The molecule has 8 heteroatoms. The highest BCUT2D eigenvalue weighted by molar-refractivity contribution is 5.55. The van der Waals surface area contributed by atoms with E-state index in [2.05, 4.69) is 21.4 Å². The van der Waals surface area contributed by atoms with Gasteiger partial charge in [0.25, 0.3) is 0 Å². The zero-order valence-corrected chi connectivity index (χ0v) is 14.9. The van der Waals surface area contributed by atoms with Crippen LogP contribution in [0.25, 0.3) is 0 Å². The SMILES string of the molecule is Cc1cc(C2CCN(CC(F)(F)F)CC2)cc(Nc2cc(C#N)ccn2)n1. The number of nitrogens with one attached hydrogen (secondary N) is 1. The Morgan fingerprint density at radius 2 is 1.96 bits per heavy atom. The molecule has 0 saturated carbocycles. The number of hydrogen-bond donors (Lipinski definition) is 1. The summed E-state index contributed by atoms with van der Waals surface area (Å²) in [6.45, 7) is 1.90. The molecule has 0 spiro atoms. The van der Waals surface area contributed by atoms with Gasteiger partial charge in [-0.3, -0.25) is 4.90 Å². The minimum absolute atomic E-state index is 0.204. The summed E-state index contributed by atoms with van der Waals surface area (Å²) in [6, 6.07) is 9.22. The molecular weight excluding hydrogens is 355 g/mol. The van der Waals surface area contributed by atoms with E-state index in [9.17, 15) is 13.2 Å². The van der Waals surface area contributed by atoms with Crippen molar-refractivity contribution >= 4 is 11.6 Å². The van der Waals surface area contributed by atoms with Crippen molar-refractivity contribution in [3.63, 3.8) is 0 Å². The van der Waals surface area contributed by atoms with Gasteiger partial charge in [-0.2, -0.15) is 18.4 Å². The highest BCUT2D eigenvalue weighted by atomic mass is 19.4. The maximum atomic E-state index is 12.5. The maximum absolute atomic E-state index is 12.5. The van der Waals surface area contributed by atoms with Crippen LogP contribution in [0, 0.1) is 18.3 Å². The number of piperidine rings is 1. The van der Waals surface area contributed by atoms with E-state index in [4.69, 9.17) is 5.26 Å². The quantitative estimate of drug-likeness (QED) is 0.870. The van der Waals surface area contributed by atoms with Crippen LogP contribution in [0.1, 0.15) is 35.6 Å². The molecule has 0 atom stereocenters. The molecule has 0 radical (unpaired) electrons.